The predicted molar refractivity (Wildman–Crippen MR) is 68.4 cm³/mol. The summed E-state index contributed by atoms with van der Waals surface area (Å²) in [5, 5.41) is 11.6. The fourth-order valence-corrected chi connectivity index (χ4v) is 2.95. The van der Waals surface area contributed by atoms with E-state index in [9.17, 15) is 13.2 Å². The highest BCUT2D eigenvalue weighted by Gasteiger charge is 2.29. The molecule has 1 unspecified atom stereocenters. The van der Waals surface area contributed by atoms with Gasteiger partial charge in [0.2, 0.25) is 15.9 Å². The molecule has 0 aromatic heterocycles. The Hall–Kier alpha value is -0.660. The zero-order chi connectivity index (χ0) is 13.8. The Morgan fingerprint density at radius 2 is 2.00 bits per heavy atom. The molecule has 0 bridgehead atoms. The van der Waals surface area contributed by atoms with E-state index in [1.807, 2.05) is 6.92 Å². The van der Waals surface area contributed by atoms with E-state index in [2.05, 4.69) is 5.32 Å². The monoisotopic (exact) mass is 278 g/mol. The number of nitrogens with zero attached hydrogens (tertiary/aromatic N) is 1. The molecule has 1 saturated heterocycles. The maximum absolute atomic E-state index is 11.9. The Balaban J connectivity index is 2.41. The lowest BCUT2D eigenvalue weighted by atomic mass is 9.97. The van der Waals surface area contributed by atoms with E-state index in [0.29, 0.717) is 32.4 Å². The van der Waals surface area contributed by atoms with Crippen LogP contribution in [-0.2, 0) is 14.8 Å². The zero-order valence-electron chi connectivity index (χ0n) is 10.9. The first-order valence-electron chi connectivity index (χ1n) is 6.21. The summed E-state index contributed by atoms with van der Waals surface area (Å²) in [5.74, 6) is -0.159. The molecule has 2 N–H and O–H groups in total. The van der Waals surface area contributed by atoms with Crippen LogP contribution in [0.3, 0.4) is 0 Å². The molecule has 6 nitrogen and oxygen atoms in total. The Bertz CT molecular complexity index is 375. The number of carbonyl (C=O) groups is 1. The maximum Gasteiger partial charge on any atom is 0.223 e. The lowest BCUT2D eigenvalue weighted by molar-refractivity contribution is -0.126. The third-order valence-electron chi connectivity index (χ3n) is 3.24. The third kappa shape index (κ3) is 4.55. The number of hydrogen-bond donors (Lipinski definition) is 2. The molecule has 0 aromatic carbocycles. The molecule has 0 radical (unpaired) electrons. The predicted octanol–water partition coefficient (Wildman–Crippen LogP) is -0.455. The smallest absolute Gasteiger partial charge is 0.223 e. The van der Waals surface area contributed by atoms with Crippen molar-refractivity contribution in [3.05, 3.63) is 0 Å². The van der Waals surface area contributed by atoms with E-state index < -0.39 is 10.0 Å². The van der Waals surface area contributed by atoms with Gasteiger partial charge in [-0.1, -0.05) is 0 Å². The number of aliphatic hydroxyl groups excluding tert-OH is 1. The van der Waals surface area contributed by atoms with Crippen LogP contribution >= 0.6 is 0 Å². The van der Waals surface area contributed by atoms with Crippen LogP contribution in [0.25, 0.3) is 0 Å². The van der Waals surface area contributed by atoms with Gasteiger partial charge in [-0.15, -0.1) is 0 Å². The second-order valence-corrected chi connectivity index (χ2v) is 6.84. The standard InChI is InChI=1S/C11H22N2O4S/c1-9(5-8-14)12-11(15)10-3-6-13(7-4-10)18(2,16)17/h9-10,14H,3-8H2,1-2H3,(H,12,15). The Morgan fingerprint density at radius 1 is 1.44 bits per heavy atom. The number of rotatable bonds is 5. The average molecular weight is 278 g/mol. The minimum Gasteiger partial charge on any atom is -0.396 e. The third-order valence-corrected chi connectivity index (χ3v) is 4.55. The van der Waals surface area contributed by atoms with Crippen LogP contribution in [0, 0.1) is 5.92 Å². The van der Waals surface area contributed by atoms with Crippen LogP contribution in [0.1, 0.15) is 26.2 Å². The molecular formula is C11H22N2O4S. The van der Waals surface area contributed by atoms with Gasteiger partial charge in [0.1, 0.15) is 0 Å². The van der Waals surface area contributed by atoms with E-state index >= 15 is 0 Å². The van der Waals surface area contributed by atoms with Crippen molar-refractivity contribution in [2.75, 3.05) is 26.0 Å². The van der Waals surface area contributed by atoms with Crippen LogP contribution in [0.5, 0.6) is 0 Å². The molecule has 7 heteroatoms. The normalized spacial score (nSPS) is 20.6. The van der Waals surface area contributed by atoms with E-state index in [1.165, 1.54) is 10.6 Å². The zero-order valence-corrected chi connectivity index (χ0v) is 11.7. The first-order valence-corrected chi connectivity index (χ1v) is 8.05. The average Bonchev–Trinajstić information content (AvgIpc) is 2.28. The molecule has 0 aliphatic carbocycles. The van der Waals surface area contributed by atoms with Gasteiger partial charge in [-0.2, -0.15) is 0 Å². The number of sulfonamides is 1. The van der Waals surface area contributed by atoms with Crippen LogP contribution < -0.4 is 5.32 Å². The van der Waals surface area contributed by atoms with E-state index in [4.69, 9.17) is 5.11 Å². The van der Waals surface area contributed by atoms with Crippen molar-refractivity contribution >= 4 is 15.9 Å². The van der Waals surface area contributed by atoms with Gasteiger partial charge in [-0.05, 0) is 26.2 Å². The number of nitrogens with one attached hydrogen (secondary N) is 1. The molecule has 106 valence electrons. The highest BCUT2D eigenvalue weighted by Crippen LogP contribution is 2.19. The summed E-state index contributed by atoms with van der Waals surface area (Å²) in [6, 6.07) is -0.0459. The van der Waals surface area contributed by atoms with Crippen LogP contribution in [0.2, 0.25) is 0 Å². The molecule has 0 spiro atoms. The molecule has 0 saturated carbocycles. The maximum atomic E-state index is 11.9. The molecule has 1 rings (SSSR count). The summed E-state index contributed by atoms with van der Waals surface area (Å²) >= 11 is 0. The second kappa shape index (κ2) is 6.49. The van der Waals surface area contributed by atoms with Crippen molar-refractivity contribution in [1.29, 1.82) is 0 Å². The summed E-state index contributed by atoms with van der Waals surface area (Å²) in [6.45, 7) is 2.71. The number of aliphatic hydroxyl groups is 1. The van der Waals surface area contributed by atoms with Gasteiger partial charge in [0.15, 0.2) is 0 Å². The minimum atomic E-state index is -3.14. The Kier molecular flexibility index (Phi) is 5.55. The second-order valence-electron chi connectivity index (χ2n) is 4.86. The first-order chi connectivity index (χ1) is 8.34. The van der Waals surface area contributed by atoms with Crippen molar-refractivity contribution in [2.24, 2.45) is 5.92 Å². The Labute approximate surface area is 108 Å². The molecule has 0 aromatic rings. The van der Waals surface area contributed by atoms with E-state index in [-0.39, 0.29) is 24.5 Å². The van der Waals surface area contributed by atoms with Crippen molar-refractivity contribution < 1.29 is 18.3 Å². The molecule has 1 aliphatic heterocycles. The largest absolute Gasteiger partial charge is 0.396 e. The van der Waals surface area contributed by atoms with Gasteiger partial charge in [-0.25, -0.2) is 12.7 Å². The van der Waals surface area contributed by atoms with Crippen LogP contribution in [0.4, 0.5) is 0 Å². The van der Waals surface area contributed by atoms with Gasteiger partial charge in [0.05, 0.1) is 6.26 Å². The lowest BCUT2D eigenvalue weighted by Gasteiger charge is -2.30. The SMILES string of the molecule is CC(CCO)NC(=O)C1CCN(S(C)(=O)=O)CC1. The summed E-state index contributed by atoms with van der Waals surface area (Å²) in [5.41, 5.74) is 0. The fourth-order valence-electron chi connectivity index (χ4n) is 2.08. The molecule has 1 heterocycles. The summed E-state index contributed by atoms with van der Waals surface area (Å²) in [7, 11) is -3.14. The highest BCUT2D eigenvalue weighted by atomic mass is 32.2. The van der Waals surface area contributed by atoms with Crippen molar-refractivity contribution in [3.63, 3.8) is 0 Å². The quantitative estimate of drug-likeness (QED) is 0.713. The van der Waals surface area contributed by atoms with Crippen molar-refractivity contribution in [1.82, 2.24) is 9.62 Å². The van der Waals surface area contributed by atoms with Gasteiger partial charge in [-0.3, -0.25) is 4.79 Å². The molecule has 1 amide bonds. The number of piperidine rings is 1. The number of amides is 1. The first kappa shape index (κ1) is 15.4. The van der Waals surface area contributed by atoms with Gasteiger partial charge >= 0.3 is 0 Å². The molecule has 1 aliphatic rings. The molecule has 1 fully saturated rings. The fraction of sp³-hybridized carbons (Fsp3) is 0.909. The summed E-state index contributed by atoms with van der Waals surface area (Å²) < 4.78 is 24.1. The topological polar surface area (TPSA) is 86.7 Å². The van der Waals surface area contributed by atoms with E-state index in [1.54, 1.807) is 0 Å². The van der Waals surface area contributed by atoms with Gasteiger partial charge in [0.25, 0.3) is 0 Å². The minimum absolute atomic E-state index is 0.0379. The Morgan fingerprint density at radius 3 is 2.44 bits per heavy atom. The number of carbonyl (C=O) groups excluding carboxylic acids is 1. The number of hydrogen-bond acceptors (Lipinski definition) is 4. The molecular weight excluding hydrogens is 256 g/mol. The van der Waals surface area contributed by atoms with Crippen molar-refractivity contribution in [3.8, 4) is 0 Å². The van der Waals surface area contributed by atoms with E-state index in [0.717, 1.165) is 0 Å². The molecule has 1 atom stereocenters. The van der Waals surface area contributed by atoms with Gasteiger partial charge < -0.3 is 10.4 Å². The molecule has 18 heavy (non-hydrogen) atoms. The lowest BCUT2D eigenvalue weighted by Crippen LogP contribution is -2.44. The van der Waals surface area contributed by atoms with Crippen LogP contribution in [0.15, 0.2) is 0 Å². The highest BCUT2D eigenvalue weighted by molar-refractivity contribution is 7.88. The summed E-state index contributed by atoms with van der Waals surface area (Å²) in [4.78, 5) is 11.9. The summed E-state index contributed by atoms with van der Waals surface area (Å²) in [6.07, 6.45) is 2.85. The van der Waals surface area contributed by atoms with Crippen LogP contribution in [-0.4, -0.2) is 55.7 Å². The van der Waals surface area contributed by atoms with Gasteiger partial charge in [0, 0.05) is 31.7 Å². The van der Waals surface area contributed by atoms with Crippen molar-refractivity contribution in [2.45, 2.75) is 32.2 Å².